The topological polar surface area (TPSA) is 91.8 Å². The maximum atomic E-state index is 11.9. The van der Waals surface area contributed by atoms with Gasteiger partial charge in [0.15, 0.2) is 5.13 Å². The molecule has 0 aliphatic heterocycles. The monoisotopic (exact) mass is 322 g/mol. The van der Waals surface area contributed by atoms with Crippen molar-refractivity contribution in [2.45, 2.75) is 0 Å². The van der Waals surface area contributed by atoms with Crippen LogP contribution in [-0.2, 0) is 0 Å². The number of carbonyl (C=O) groups is 1. The van der Waals surface area contributed by atoms with E-state index in [2.05, 4.69) is 26.2 Å². The first kappa shape index (κ1) is 12.5. The van der Waals surface area contributed by atoms with Gasteiger partial charge >= 0.3 is 0 Å². The number of nitrogens with two attached hydrogens (primary N) is 1. The molecule has 0 saturated carbocycles. The van der Waals surface area contributed by atoms with Crippen LogP contribution in [0, 0.1) is 11.3 Å². The average Bonchev–Trinajstić information content (AvgIpc) is 2.76. The van der Waals surface area contributed by atoms with E-state index >= 15 is 0 Å². The van der Waals surface area contributed by atoms with Crippen molar-refractivity contribution in [3.63, 3.8) is 0 Å². The Bertz CT molecular complexity index is 647. The molecule has 7 heteroatoms. The number of rotatable bonds is 2. The lowest BCUT2D eigenvalue weighted by atomic mass is 10.2. The third-order valence-electron chi connectivity index (χ3n) is 2.10. The van der Waals surface area contributed by atoms with Gasteiger partial charge in [0.25, 0.3) is 5.91 Å². The molecule has 90 valence electrons. The van der Waals surface area contributed by atoms with Crippen molar-refractivity contribution in [2.24, 2.45) is 0 Å². The maximum Gasteiger partial charge on any atom is 0.275 e. The molecule has 1 aromatic heterocycles. The van der Waals surface area contributed by atoms with E-state index in [1.54, 1.807) is 23.6 Å². The molecular formula is C11H7BrN4OS. The van der Waals surface area contributed by atoms with Gasteiger partial charge in [0.1, 0.15) is 11.8 Å². The highest BCUT2D eigenvalue weighted by molar-refractivity contribution is 9.10. The molecule has 2 rings (SSSR count). The van der Waals surface area contributed by atoms with Crippen molar-refractivity contribution in [1.29, 1.82) is 5.26 Å². The number of aromatic nitrogens is 1. The molecule has 0 spiro atoms. The molecule has 0 fully saturated rings. The van der Waals surface area contributed by atoms with Gasteiger partial charge in [0.05, 0.1) is 11.3 Å². The van der Waals surface area contributed by atoms with Crippen molar-refractivity contribution < 1.29 is 4.79 Å². The number of carbonyl (C=O) groups excluding carboxylic acids is 1. The molecule has 1 amide bonds. The van der Waals surface area contributed by atoms with E-state index in [-0.39, 0.29) is 5.69 Å². The second-order valence-electron chi connectivity index (χ2n) is 3.33. The molecule has 0 radical (unpaired) electrons. The number of hydrogen-bond acceptors (Lipinski definition) is 5. The van der Waals surface area contributed by atoms with Crippen LogP contribution < -0.4 is 11.1 Å². The van der Waals surface area contributed by atoms with Crippen LogP contribution in [0.2, 0.25) is 0 Å². The van der Waals surface area contributed by atoms with Crippen molar-refractivity contribution in [3.05, 3.63) is 39.3 Å². The summed E-state index contributed by atoms with van der Waals surface area (Å²) in [5, 5.41) is 13.5. The summed E-state index contributed by atoms with van der Waals surface area (Å²) in [7, 11) is 0. The molecule has 0 bridgehead atoms. The normalized spacial score (nSPS) is 9.78. The van der Waals surface area contributed by atoms with Crippen molar-refractivity contribution >= 4 is 44.0 Å². The number of halogens is 1. The van der Waals surface area contributed by atoms with Crippen molar-refractivity contribution in [3.8, 4) is 6.07 Å². The molecule has 0 aliphatic rings. The van der Waals surface area contributed by atoms with Gasteiger partial charge in [-0.25, -0.2) is 4.98 Å². The summed E-state index contributed by atoms with van der Waals surface area (Å²) in [6, 6.07) is 7.02. The number of hydrogen-bond donors (Lipinski definition) is 2. The number of benzene rings is 1. The van der Waals surface area contributed by atoms with E-state index in [0.717, 1.165) is 4.47 Å². The Kier molecular flexibility index (Phi) is 3.60. The van der Waals surface area contributed by atoms with Crippen molar-refractivity contribution in [1.82, 2.24) is 4.98 Å². The Morgan fingerprint density at radius 3 is 2.94 bits per heavy atom. The summed E-state index contributed by atoms with van der Waals surface area (Å²) >= 11 is 4.47. The molecule has 3 N–H and O–H groups in total. The number of nitrogens with zero attached hydrogens (tertiary/aromatic N) is 2. The number of amides is 1. The highest BCUT2D eigenvalue weighted by Crippen LogP contribution is 2.22. The van der Waals surface area contributed by atoms with E-state index in [4.69, 9.17) is 11.0 Å². The fourth-order valence-electron chi connectivity index (χ4n) is 1.30. The van der Waals surface area contributed by atoms with E-state index in [1.807, 2.05) is 6.07 Å². The van der Waals surface area contributed by atoms with E-state index in [9.17, 15) is 4.79 Å². The minimum atomic E-state index is -0.391. The molecule has 0 atom stereocenters. The van der Waals surface area contributed by atoms with Crippen LogP contribution in [-0.4, -0.2) is 10.9 Å². The number of thiazole rings is 1. The summed E-state index contributed by atoms with van der Waals surface area (Å²) in [5.74, 6) is -0.391. The Morgan fingerprint density at radius 1 is 1.56 bits per heavy atom. The van der Waals surface area contributed by atoms with E-state index < -0.39 is 5.91 Å². The molecule has 5 nitrogen and oxygen atoms in total. The predicted octanol–water partition coefficient (Wildman–Crippen LogP) is 2.61. The lowest BCUT2D eigenvalue weighted by Crippen LogP contribution is -2.13. The van der Waals surface area contributed by atoms with E-state index in [1.165, 1.54) is 11.3 Å². The fraction of sp³-hybridized carbons (Fsp3) is 0. The van der Waals surface area contributed by atoms with Crippen LogP contribution in [0.25, 0.3) is 0 Å². The first-order valence-electron chi connectivity index (χ1n) is 4.82. The highest BCUT2D eigenvalue weighted by atomic mass is 79.9. The van der Waals surface area contributed by atoms with Gasteiger partial charge in [0, 0.05) is 9.85 Å². The Labute approximate surface area is 115 Å². The van der Waals surface area contributed by atoms with Crippen LogP contribution in [0.1, 0.15) is 16.1 Å². The number of nitriles is 1. The van der Waals surface area contributed by atoms with E-state index in [0.29, 0.717) is 16.4 Å². The third-order valence-corrected chi connectivity index (χ3v) is 3.27. The lowest BCUT2D eigenvalue weighted by molar-refractivity contribution is 0.102. The third kappa shape index (κ3) is 2.67. The SMILES string of the molecule is N#Cc1ccc(Br)cc1NC(=O)c1csc(N)n1. The maximum absolute atomic E-state index is 11.9. The summed E-state index contributed by atoms with van der Waals surface area (Å²) in [6.45, 7) is 0. The predicted molar refractivity (Wildman–Crippen MR) is 73.3 cm³/mol. The number of nitrogens with one attached hydrogen (secondary N) is 1. The summed E-state index contributed by atoms with van der Waals surface area (Å²) < 4.78 is 0.773. The first-order chi connectivity index (χ1) is 8.60. The molecule has 1 aromatic carbocycles. The second-order valence-corrected chi connectivity index (χ2v) is 5.13. The fourth-order valence-corrected chi connectivity index (χ4v) is 2.20. The molecule has 2 aromatic rings. The summed E-state index contributed by atoms with van der Waals surface area (Å²) in [4.78, 5) is 15.7. The molecule has 0 aliphatic carbocycles. The zero-order chi connectivity index (χ0) is 13.1. The largest absolute Gasteiger partial charge is 0.375 e. The van der Waals surface area contributed by atoms with Gasteiger partial charge in [-0.1, -0.05) is 15.9 Å². The van der Waals surface area contributed by atoms with Crippen LogP contribution in [0.4, 0.5) is 10.8 Å². The van der Waals surface area contributed by atoms with Gasteiger partial charge in [-0.15, -0.1) is 11.3 Å². The molecule has 18 heavy (non-hydrogen) atoms. The minimum absolute atomic E-state index is 0.237. The number of nitrogen functional groups attached to an aromatic ring is 1. The van der Waals surface area contributed by atoms with Crippen LogP contribution >= 0.6 is 27.3 Å². The smallest absolute Gasteiger partial charge is 0.275 e. The van der Waals surface area contributed by atoms with Crippen LogP contribution in [0.3, 0.4) is 0 Å². The van der Waals surface area contributed by atoms with Gasteiger partial charge in [-0.05, 0) is 18.2 Å². The van der Waals surface area contributed by atoms with Crippen molar-refractivity contribution in [2.75, 3.05) is 11.1 Å². The summed E-state index contributed by atoms with van der Waals surface area (Å²) in [6.07, 6.45) is 0. The quantitative estimate of drug-likeness (QED) is 0.888. The molecule has 0 saturated heterocycles. The Balaban J connectivity index is 2.27. The zero-order valence-electron chi connectivity index (χ0n) is 8.98. The lowest BCUT2D eigenvalue weighted by Gasteiger charge is -2.05. The average molecular weight is 323 g/mol. The Hall–Kier alpha value is -1.91. The Morgan fingerprint density at radius 2 is 2.33 bits per heavy atom. The standard InChI is InChI=1S/C11H7BrN4OS/c12-7-2-1-6(4-13)8(3-7)15-10(17)9-5-18-11(14)16-9/h1-3,5H,(H2,14,16)(H,15,17). The molecular weight excluding hydrogens is 316 g/mol. The van der Waals surface area contributed by atoms with Gasteiger partial charge in [-0.2, -0.15) is 5.26 Å². The van der Waals surface area contributed by atoms with Crippen LogP contribution in [0.15, 0.2) is 28.1 Å². The van der Waals surface area contributed by atoms with Gasteiger partial charge < -0.3 is 11.1 Å². The zero-order valence-corrected chi connectivity index (χ0v) is 11.4. The first-order valence-corrected chi connectivity index (χ1v) is 6.49. The summed E-state index contributed by atoms with van der Waals surface area (Å²) in [5.41, 5.74) is 6.51. The highest BCUT2D eigenvalue weighted by Gasteiger charge is 2.12. The molecule has 1 heterocycles. The van der Waals surface area contributed by atoms with Gasteiger partial charge in [-0.3, -0.25) is 4.79 Å². The van der Waals surface area contributed by atoms with Crippen LogP contribution in [0.5, 0.6) is 0 Å². The number of anilines is 2. The molecule has 0 unspecified atom stereocenters. The minimum Gasteiger partial charge on any atom is -0.375 e. The van der Waals surface area contributed by atoms with Gasteiger partial charge in [0.2, 0.25) is 0 Å². The second kappa shape index (κ2) is 5.16.